The molecule has 0 amide bonds. The van der Waals surface area contributed by atoms with Gasteiger partial charge in [-0.3, -0.25) is 4.79 Å². The van der Waals surface area contributed by atoms with Gasteiger partial charge in [0.2, 0.25) is 0 Å². The Hall–Kier alpha value is -4.98. The maximum Gasteiger partial charge on any atom is 0.306 e. The van der Waals surface area contributed by atoms with Gasteiger partial charge in [-0.15, -0.1) is 0 Å². The molecule has 8 heteroatoms. The molecule has 0 unspecified atom stereocenters. The molecule has 0 aliphatic carbocycles. The number of hydrogen-bond acceptors (Lipinski definition) is 7. The van der Waals surface area contributed by atoms with Crippen LogP contribution < -0.4 is 19.9 Å². The number of imidazole rings is 1. The molecular weight excluding hydrogens is 542 g/mol. The number of nitrogen functional groups attached to an aromatic ring is 1. The van der Waals surface area contributed by atoms with E-state index in [1.165, 1.54) is 0 Å². The Morgan fingerprint density at radius 1 is 0.860 bits per heavy atom. The lowest BCUT2D eigenvalue weighted by molar-refractivity contribution is -0.143. The summed E-state index contributed by atoms with van der Waals surface area (Å²) >= 11 is 0. The van der Waals surface area contributed by atoms with Crippen molar-refractivity contribution in [3.8, 4) is 23.0 Å². The topological polar surface area (TPSA) is 97.8 Å². The van der Waals surface area contributed by atoms with Crippen molar-refractivity contribution in [2.45, 2.75) is 46.8 Å². The number of carbonyl (C=O) groups is 1. The van der Waals surface area contributed by atoms with E-state index in [1.54, 1.807) is 6.92 Å². The second-order valence-corrected chi connectivity index (χ2v) is 10.4. The molecule has 1 aromatic heterocycles. The number of esters is 1. The smallest absolute Gasteiger partial charge is 0.306 e. The van der Waals surface area contributed by atoms with Crippen molar-refractivity contribution >= 4 is 22.7 Å². The third kappa shape index (κ3) is 7.27. The molecule has 4 aromatic carbocycles. The molecule has 0 fully saturated rings. The summed E-state index contributed by atoms with van der Waals surface area (Å²) in [7, 11) is 1.96. The summed E-state index contributed by atoms with van der Waals surface area (Å²) in [6.07, 6.45) is 0.784. The van der Waals surface area contributed by atoms with Crippen LogP contribution in [0.3, 0.4) is 0 Å². The highest BCUT2D eigenvalue weighted by molar-refractivity contribution is 5.78. The normalized spacial score (nSPS) is 11.0. The Morgan fingerprint density at radius 2 is 1.60 bits per heavy atom. The van der Waals surface area contributed by atoms with Gasteiger partial charge < -0.3 is 29.2 Å². The zero-order valence-electron chi connectivity index (χ0n) is 25.1. The van der Waals surface area contributed by atoms with Gasteiger partial charge in [-0.05, 0) is 79.8 Å². The lowest BCUT2D eigenvalue weighted by Crippen LogP contribution is -2.07. The third-order valence-corrected chi connectivity index (χ3v) is 7.30. The fraction of sp³-hybridized carbons (Fsp3) is 0.257. The second kappa shape index (κ2) is 13.3. The third-order valence-electron chi connectivity index (χ3n) is 7.30. The molecular formula is C35H37N3O5. The van der Waals surface area contributed by atoms with Crippen molar-refractivity contribution in [2.75, 3.05) is 12.3 Å². The summed E-state index contributed by atoms with van der Waals surface area (Å²) in [5, 5.41) is 0. The van der Waals surface area contributed by atoms with Gasteiger partial charge in [-0.2, -0.15) is 0 Å². The van der Waals surface area contributed by atoms with Crippen molar-refractivity contribution in [1.29, 1.82) is 0 Å². The standard InChI is InChI=1S/C35H37N3O5/c1-5-40-34(39)16-12-26-11-13-27(20-32(26)42-21-25-9-7-6-8-10-25)41-22-33-37-30-15-14-28(19-31(30)38(33)4)43-29-17-23(2)35(36)24(3)18-29/h6-11,13-15,17-20H,5,12,16,21-22,36H2,1-4H3. The summed E-state index contributed by atoms with van der Waals surface area (Å²) in [6.45, 7) is 6.78. The van der Waals surface area contributed by atoms with Gasteiger partial charge in [0.15, 0.2) is 0 Å². The van der Waals surface area contributed by atoms with Crippen LogP contribution in [0.15, 0.2) is 78.9 Å². The van der Waals surface area contributed by atoms with Gasteiger partial charge in [-0.1, -0.05) is 36.4 Å². The molecule has 0 saturated carbocycles. The number of carbonyl (C=O) groups excluding carboxylic acids is 1. The number of ether oxygens (including phenoxy) is 4. The van der Waals surface area contributed by atoms with E-state index in [9.17, 15) is 4.79 Å². The van der Waals surface area contributed by atoms with E-state index in [0.717, 1.165) is 50.5 Å². The Morgan fingerprint density at radius 3 is 2.35 bits per heavy atom. The molecule has 0 bridgehead atoms. The van der Waals surface area contributed by atoms with Gasteiger partial charge in [0.1, 0.15) is 42.0 Å². The molecule has 5 aromatic rings. The second-order valence-electron chi connectivity index (χ2n) is 10.4. The number of nitrogens with zero attached hydrogens (tertiary/aromatic N) is 2. The lowest BCUT2D eigenvalue weighted by Gasteiger charge is -2.14. The fourth-order valence-corrected chi connectivity index (χ4v) is 4.86. The van der Waals surface area contributed by atoms with Crippen molar-refractivity contribution < 1.29 is 23.7 Å². The monoisotopic (exact) mass is 579 g/mol. The van der Waals surface area contributed by atoms with Crippen molar-refractivity contribution in [3.05, 3.63) is 107 Å². The predicted octanol–water partition coefficient (Wildman–Crippen LogP) is 7.22. The first-order chi connectivity index (χ1) is 20.8. The first kappa shape index (κ1) is 29.5. The number of nitrogens with two attached hydrogens (primary N) is 1. The molecule has 2 N–H and O–H groups in total. The van der Waals surface area contributed by atoms with E-state index in [0.29, 0.717) is 36.9 Å². The quantitative estimate of drug-likeness (QED) is 0.123. The number of anilines is 1. The van der Waals surface area contributed by atoms with Crippen LogP contribution in [0.25, 0.3) is 11.0 Å². The Balaban J connectivity index is 1.31. The van der Waals surface area contributed by atoms with Gasteiger partial charge >= 0.3 is 5.97 Å². The highest BCUT2D eigenvalue weighted by Gasteiger charge is 2.14. The Kier molecular flexibility index (Phi) is 9.15. The molecule has 222 valence electrons. The molecule has 1 heterocycles. The van der Waals surface area contributed by atoms with Crippen LogP contribution in [0, 0.1) is 13.8 Å². The van der Waals surface area contributed by atoms with E-state index in [-0.39, 0.29) is 19.0 Å². The maximum atomic E-state index is 12.0. The SMILES string of the molecule is CCOC(=O)CCc1ccc(OCc2nc3ccc(Oc4cc(C)c(N)c(C)c4)cc3n2C)cc1OCc1ccccc1. The Labute approximate surface area is 252 Å². The van der Waals surface area contributed by atoms with E-state index in [2.05, 4.69) is 0 Å². The van der Waals surface area contributed by atoms with Crippen LogP contribution in [0.1, 0.15) is 41.4 Å². The molecule has 8 nitrogen and oxygen atoms in total. The summed E-state index contributed by atoms with van der Waals surface area (Å²) < 4.78 is 25.6. The molecule has 5 rings (SSSR count). The van der Waals surface area contributed by atoms with Crippen LogP contribution in [-0.4, -0.2) is 22.1 Å². The van der Waals surface area contributed by atoms with E-state index < -0.39 is 0 Å². The zero-order chi connectivity index (χ0) is 30.3. The molecule has 0 radical (unpaired) electrons. The van der Waals surface area contributed by atoms with Crippen molar-refractivity contribution in [1.82, 2.24) is 9.55 Å². The summed E-state index contributed by atoms with van der Waals surface area (Å²) in [5.74, 6) is 3.31. The predicted molar refractivity (Wildman–Crippen MR) is 168 cm³/mol. The molecule has 0 atom stereocenters. The fourth-order valence-electron chi connectivity index (χ4n) is 4.86. The highest BCUT2D eigenvalue weighted by Crippen LogP contribution is 2.31. The zero-order valence-corrected chi connectivity index (χ0v) is 25.1. The summed E-state index contributed by atoms with van der Waals surface area (Å²) in [4.78, 5) is 16.8. The highest BCUT2D eigenvalue weighted by atomic mass is 16.5. The number of hydrogen-bond donors (Lipinski definition) is 1. The van der Waals surface area contributed by atoms with Gasteiger partial charge in [-0.25, -0.2) is 4.98 Å². The molecule has 0 spiro atoms. The summed E-state index contributed by atoms with van der Waals surface area (Å²) in [5.41, 5.74) is 12.6. The number of aryl methyl sites for hydroxylation is 4. The van der Waals surface area contributed by atoms with Crippen LogP contribution >= 0.6 is 0 Å². The van der Waals surface area contributed by atoms with Crippen LogP contribution in [0.4, 0.5) is 5.69 Å². The van der Waals surface area contributed by atoms with E-state index >= 15 is 0 Å². The van der Waals surface area contributed by atoms with E-state index in [4.69, 9.17) is 29.7 Å². The van der Waals surface area contributed by atoms with Gasteiger partial charge in [0.25, 0.3) is 0 Å². The number of rotatable bonds is 12. The van der Waals surface area contributed by atoms with Crippen LogP contribution in [0.5, 0.6) is 23.0 Å². The Bertz CT molecular complexity index is 1710. The molecule has 43 heavy (non-hydrogen) atoms. The van der Waals surface area contributed by atoms with Crippen LogP contribution in [-0.2, 0) is 36.2 Å². The maximum absolute atomic E-state index is 12.0. The lowest BCUT2D eigenvalue weighted by atomic mass is 10.1. The minimum absolute atomic E-state index is 0.231. The number of fused-ring (bicyclic) bond motifs is 1. The van der Waals surface area contributed by atoms with Crippen LogP contribution in [0.2, 0.25) is 0 Å². The minimum Gasteiger partial charge on any atom is -0.488 e. The van der Waals surface area contributed by atoms with Gasteiger partial charge in [0.05, 0.1) is 17.6 Å². The summed E-state index contributed by atoms with van der Waals surface area (Å²) in [6, 6.07) is 25.4. The molecule has 0 saturated heterocycles. The number of aromatic nitrogens is 2. The average Bonchev–Trinajstić information content (AvgIpc) is 3.32. The van der Waals surface area contributed by atoms with Gasteiger partial charge in [0, 0.05) is 31.3 Å². The first-order valence-corrected chi connectivity index (χ1v) is 14.4. The average molecular weight is 580 g/mol. The largest absolute Gasteiger partial charge is 0.488 e. The molecule has 0 aliphatic rings. The first-order valence-electron chi connectivity index (χ1n) is 14.4. The van der Waals surface area contributed by atoms with Crippen molar-refractivity contribution in [3.63, 3.8) is 0 Å². The van der Waals surface area contributed by atoms with E-state index in [1.807, 2.05) is 104 Å². The molecule has 0 aliphatic heterocycles. The number of benzene rings is 4. The minimum atomic E-state index is -0.231. The van der Waals surface area contributed by atoms with Crippen molar-refractivity contribution in [2.24, 2.45) is 7.05 Å².